The highest BCUT2D eigenvalue weighted by molar-refractivity contribution is 5.94. The molecule has 0 radical (unpaired) electrons. The lowest BCUT2D eigenvalue weighted by molar-refractivity contribution is 0.0909. The molecule has 1 amide bonds. The summed E-state index contributed by atoms with van der Waals surface area (Å²) in [7, 11) is 0. The second kappa shape index (κ2) is 7.19. The fourth-order valence-electron chi connectivity index (χ4n) is 3.88. The summed E-state index contributed by atoms with van der Waals surface area (Å²) in [6, 6.07) is 16.5. The Morgan fingerprint density at radius 2 is 1.96 bits per heavy atom. The number of nitrogens with one attached hydrogen (secondary N) is 1. The van der Waals surface area contributed by atoms with E-state index >= 15 is 0 Å². The highest BCUT2D eigenvalue weighted by Gasteiger charge is 2.32. The average Bonchev–Trinajstić information content (AvgIpc) is 3.01. The van der Waals surface area contributed by atoms with Crippen LogP contribution in [0.2, 0.25) is 0 Å². The van der Waals surface area contributed by atoms with E-state index in [0.29, 0.717) is 22.6 Å². The lowest BCUT2D eigenvalue weighted by Gasteiger charge is -2.30. The van der Waals surface area contributed by atoms with E-state index in [9.17, 15) is 4.79 Å². The van der Waals surface area contributed by atoms with Crippen molar-refractivity contribution in [3.8, 4) is 17.6 Å². The lowest BCUT2D eigenvalue weighted by Crippen LogP contribution is -2.46. The Hall–Kier alpha value is -2.84. The summed E-state index contributed by atoms with van der Waals surface area (Å²) in [6.45, 7) is 3.30. The van der Waals surface area contributed by atoms with Crippen LogP contribution in [0.25, 0.3) is 0 Å². The Morgan fingerprint density at radius 1 is 1.15 bits per heavy atom. The Kier molecular flexibility index (Phi) is 4.59. The number of nitriles is 1. The third-order valence-corrected chi connectivity index (χ3v) is 5.15. The first-order chi connectivity index (χ1) is 12.7. The topological polar surface area (TPSA) is 65.4 Å². The van der Waals surface area contributed by atoms with Crippen molar-refractivity contribution in [1.29, 1.82) is 5.26 Å². The van der Waals surface area contributed by atoms with Crippen molar-refractivity contribution in [2.24, 2.45) is 5.92 Å². The number of para-hydroxylation sites is 1. The Bertz CT molecular complexity index is 829. The third-order valence-electron chi connectivity index (χ3n) is 5.15. The van der Waals surface area contributed by atoms with Crippen molar-refractivity contribution in [3.63, 3.8) is 0 Å². The molecule has 0 saturated carbocycles. The van der Waals surface area contributed by atoms with Crippen LogP contribution in [0.1, 0.15) is 28.8 Å². The maximum absolute atomic E-state index is 12.5. The maximum atomic E-state index is 12.5. The van der Waals surface area contributed by atoms with Crippen molar-refractivity contribution in [2.45, 2.75) is 18.9 Å². The molecular formula is C21H21N3O2. The zero-order chi connectivity index (χ0) is 17.9. The van der Waals surface area contributed by atoms with Gasteiger partial charge in [0.15, 0.2) is 0 Å². The summed E-state index contributed by atoms with van der Waals surface area (Å²) in [5.74, 6) is 1.80. The molecule has 2 saturated heterocycles. The van der Waals surface area contributed by atoms with Crippen molar-refractivity contribution in [1.82, 2.24) is 10.2 Å². The van der Waals surface area contributed by atoms with E-state index in [4.69, 9.17) is 10.00 Å². The molecule has 2 bridgehead atoms. The number of hydrogen-bond acceptors (Lipinski definition) is 4. The van der Waals surface area contributed by atoms with Gasteiger partial charge in [0.25, 0.3) is 5.91 Å². The number of nitrogens with zero attached hydrogens (tertiary/aromatic N) is 2. The van der Waals surface area contributed by atoms with Gasteiger partial charge in [0.1, 0.15) is 17.6 Å². The summed E-state index contributed by atoms with van der Waals surface area (Å²) in [5, 5.41) is 12.3. The SMILES string of the molecule is N#Cc1ccccc1Oc1ccc(C(=O)NC2CC3CCN(C3)C2)cc1. The number of benzene rings is 2. The van der Waals surface area contributed by atoms with Gasteiger partial charge >= 0.3 is 0 Å². The minimum Gasteiger partial charge on any atom is -0.456 e. The molecule has 0 aromatic heterocycles. The van der Waals surface area contributed by atoms with Gasteiger partial charge in [-0.25, -0.2) is 0 Å². The van der Waals surface area contributed by atoms with E-state index < -0.39 is 0 Å². The molecule has 2 aliphatic rings. The van der Waals surface area contributed by atoms with Crippen LogP contribution in [0.5, 0.6) is 11.5 Å². The van der Waals surface area contributed by atoms with E-state index in [0.717, 1.165) is 25.4 Å². The van der Waals surface area contributed by atoms with Crippen LogP contribution in [0.3, 0.4) is 0 Å². The van der Waals surface area contributed by atoms with Crippen LogP contribution in [0.4, 0.5) is 0 Å². The largest absolute Gasteiger partial charge is 0.456 e. The van der Waals surface area contributed by atoms with Gasteiger partial charge in [0.2, 0.25) is 0 Å². The molecular weight excluding hydrogens is 326 g/mol. The molecule has 0 spiro atoms. The minimum absolute atomic E-state index is 0.0403. The number of rotatable bonds is 4. The van der Waals surface area contributed by atoms with Gasteiger partial charge in [-0.1, -0.05) is 12.1 Å². The Morgan fingerprint density at radius 3 is 2.73 bits per heavy atom. The van der Waals surface area contributed by atoms with Crippen LogP contribution in [-0.4, -0.2) is 36.5 Å². The number of amides is 1. The molecule has 2 aromatic carbocycles. The van der Waals surface area contributed by atoms with Gasteiger partial charge in [-0.3, -0.25) is 4.79 Å². The van der Waals surface area contributed by atoms with Gasteiger partial charge in [0, 0.05) is 24.7 Å². The van der Waals surface area contributed by atoms with E-state index in [-0.39, 0.29) is 11.9 Å². The van der Waals surface area contributed by atoms with Crippen LogP contribution in [-0.2, 0) is 0 Å². The standard InChI is InChI=1S/C21H21N3O2/c22-12-17-3-1-2-4-20(17)26-19-7-5-16(6-8-19)21(25)23-18-11-15-9-10-24(13-15)14-18/h1-8,15,18H,9-11,13-14H2,(H,23,25). The van der Waals surface area contributed by atoms with Crippen molar-refractivity contribution in [3.05, 3.63) is 59.7 Å². The normalized spacial score (nSPS) is 23.9. The van der Waals surface area contributed by atoms with E-state index in [1.807, 2.05) is 6.07 Å². The fraction of sp³-hybridized carbons (Fsp3) is 0.333. The van der Waals surface area contributed by atoms with Crippen LogP contribution in [0.15, 0.2) is 48.5 Å². The lowest BCUT2D eigenvalue weighted by atomic mass is 9.96. The Labute approximate surface area is 153 Å². The number of ether oxygens (including phenoxy) is 1. The summed E-state index contributed by atoms with van der Waals surface area (Å²) in [6.07, 6.45) is 2.33. The molecule has 5 nitrogen and oxygen atoms in total. The number of carbonyl (C=O) groups excluding carboxylic acids is 1. The van der Waals surface area contributed by atoms with Crippen LogP contribution < -0.4 is 10.1 Å². The number of piperidine rings is 1. The zero-order valence-electron chi connectivity index (χ0n) is 14.5. The van der Waals surface area contributed by atoms with E-state index in [1.165, 1.54) is 13.0 Å². The van der Waals surface area contributed by atoms with Gasteiger partial charge in [0.05, 0.1) is 5.56 Å². The molecule has 2 heterocycles. The number of hydrogen-bond donors (Lipinski definition) is 1. The van der Waals surface area contributed by atoms with Crippen LogP contribution in [0, 0.1) is 17.2 Å². The van der Waals surface area contributed by atoms with E-state index in [1.54, 1.807) is 42.5 Å². The van der Waals surface area contributed by atoms with Gasteiger partial charge in [-0.2, -0.15) is 5.26 Å². The van der Waals surface area contributed by atoms with Crippen molar-refractivity contribution >= 4 is 5.91 Å². The minimum atomic E-state index is -0.0403. The summed E-state index contributed by atoms with van der Waals surface area (Å²) >= 11 is 0. The van der Waals surface area contributed by atoms with Crippen molar-refractivity contribution < 1.29 is 9.53 Å². The molecule has 2 aliphatic heterocycles. The predicted molar refractivity (Wildman–Crippen MR) is 98.1 cm³/mol. The summed E-state index contributed by atoms with van der Waals surface area (Å²) in [4.78, 5) is 14.9. The predicted octanol–water partition coefficient (Wildman–Crippen LogP) is 3.17. The molecule has 26 heavy (non-hydrogen) atoms. The smallest absolute Gasteiger partial charge is 0.251 e. The maximum Gasteiger partial charge on any atom is 0.251 e. The second-order valence-electron chi connectivity index (χ2n) is 7.05. The molecule has 4 rings (SSSR count). The summed E-state index contributed by atoms with van der Waals surface area (Å²) < 4.78 is 5.76. The van der Waals surface area contributed by atoms with Crippen LogP contribution >= 0.6 is 0 Å². The molecule has 3 atom stereocenters. The molecule has 0 aliphatic carbocycles. The quantitative estimate of drug-likeness (QED) is 0.922. The number of carbonyl (C=O) groups is 1. The first-order valence-corrected chi connectivity index (χ1v) is 9.01. The van der Waals surface area contributed by atoms with Gasteiger partial charge in [-0.15, -0.1) is 0 Å². The fourth-order valence-corrected chi connectivity index (χ4v) is 3.88. The number of fused-ring (bicyclic) bond motifs is 2. The molecule has 2 fully saturated rings. The Balaban J connectivity index is 1.39. The zero-order valence-corrected chi connectivity index (χ0v) is 14.5. The average molecular weight is 347 g/mol. The van der Waals surface area contributed by atoms with Crippen molar-refractivity contribution in [2.75, 3.05) is 19.6 Å². The highest BCUT2D eigenvalue weighted by atomic mass is 16.5. The second-order valence-corrected chi connectivity index (χ2v) is 7.05. The molecule has 3 unspecified atom stereocenters. The van der Waals surface area contributed by atoms with E-state index in [2.05, 4.69) is 16.3 Å². The molecule has 132 valence electrons. The molecule has 5 heteroatoms. The first kappa shape index (κ1) is 16.6. The first-order valence-electron chi connectivity index (χ1n) is 9.01. The molecule has 1 N–H and O–H groups in total. The van der Waals surface area contributed by atoms with Gasteiger partial charge in [-0.05, 0) is 61.7 Å². The molecule has 2 aromatic rings. The third kappa shape index (κ3) is 3.56. The summed E-state index contributed by atoms with van der Waals surface area (Å²) in [5.41, 5.74) is 1.11. The monoisotopic (exact) mass is 347 g/mol. The highest BCUT2D eigenvalue weighted by Crippen LogP contribution is 2.27. The van der Waals surface area contributed by atoms with Gasteiger partial charge < -0.3 is 15.0 Å².